The van der Waals surface area contributed by atoms with Crippen molar-refractivity contribution in [3.63, 3.8) is 0 Å². The fourth-order valence-corrected chi connectivity index (χ4v) is 6.15. The highest BCUT2D eigenvalue weighted by molar-refractivity contribution is 5.38. The van der Waals surface area contributed by atoms with Crippen LogP contribution in [-0.4, -0.2) is 7.05 Å². The van der Waals surface area contributed by atoms with Gasteiger partial charge in [0, 0.05) is 6.04 Å². The van der Waals surface area contributed by atoms with Gasteiger partial charge in [-0.05, 0) is 111 Å². The molecule has 1 aliphatic carbocycles. The number of hydrogen-bond acceptors (Lipinski definition) is 1. The van der Waals surface area contributed by atoms with Crippen molar-refractivity contribution >= 4 is 0 Å². The maximum Gasteiger partial charge on any atom is 0.0358 e. The minimum Gasteiger partial charge on any atom is -0.313 e. The zero-order chi connectivity index (χ0) is 25.8. The molecule has 1 unspecified atom stereocenters. The number of benzene rings is 2. The lowest BCUT2D eigenvalue weighted by Gasteiger charge is -2.34. The second-order valence-electron chi connectivity index (χ2n) is 11.2. The number of aryl methyl sites for hydroxylation is 2. The summed E-state index contributed by atoms with van der Waals surface area (Å²) < 4.78 is 0. The maximum atomic E-state index is 3.56. The second-order valence-corrected chi connectivity index (χ2v) is 11.2. The number of rotatable bonds is 10. The normalized spacial score (nSPS) is 18.8. The van der Waals surface area contributed by atoms with Crippen molar-refractivity contribution in [1.29, 1.82) is 0 Å². The topological polar surface area (TPSA) is 12.0 Å². The van der Waals surface area contributed by atoms with Gasteiger partial charge < -0.3 is 5.32 Å². The van der Waals surface area contributed by atoms with E-state index in [1.54, 1.807) is 5.56 Å². The van der Waals surface area contributed by atoms with Crippen LogP contribution in [0.4, 0.5) is 0 Å². The van der Waals surface area contributed by atoms with E-state index >= 15 is 0 Å². The quantitative estimate of drug-likeness (QED) is 0.359. The van der Waals surface area contributed by atoms with Crippen molar-refractivity contribution in [2.75, 3.05) is 7.05 Å². The van der Waals surface area contributed by atoms with E-state index in [2.05, 4.69) is 97.2 Å². The van der Waals surface area contributed by atoms with Gasteiger partial charge in [0.15, 0.2) is 0 Å². The standard InChI is InChI=1S/C31H47N.C3H8/c1-7-9-26(10-8-2)27-11-13-28(14-12-27)29-15-17-30(18-16-29)31(32-6)21-25-19-22(3)24(5)23(4)20-25;1-3-2/h15-20,26-28,31-32H,7-14,21H2,1-6H3;3H2,1-2H3. The molecule has 1 nitrogen and oxygen atoms in total. The Morgan fingerprint density at radius 1 is 0.800 bits per heavy atom. The van der Waals surface area contributed by atoms with Crippen molar-refractivity contribution in [3.8, 4) is 0 Å². The van der Waals surface area contributed by atoms with Crippen molar-refractivity contribution < 1.29 is 0 Å². The lowest BCUT2D eigenvalue weighted by Crippen LogP contribution is -2.21. The highest BCUT2D eigenvalue weighted by Gasteiger charge is 2.27. The molecule has 0 saturated heterocycles. The molecule has 196 valence electrons. The number of likely N-dealkylation sites (N-methyl/N-ethyl adjacent to an activating group) is 1. The number of nitrogens with one attached hydrogen (secondary N) is 1. The molecule has 2 aromatic rings. The Hall–Kier alpha value is -1.60. The molecule has 0 heterocycles. The van der Waals surface area contributed by atoms with Crippen LogP contribution in [0.2, 0.25) is 0 Å². The molecule has 1 saturated carbocycles. The molecular weight excluding hydrogens is 422 g/mol. The second kappa shape index (κ2) is 15.5. The summed E-state index contributed by atoms with van der Waals surface area (Å²) in [5.74, 6) is 2.71. The van der Waals surface area contributed by atoms with Crippen LogP contribution in [0, 0.1) is 32.6 Å². The fraction of sp³-hybridized carbons (Fsp3) is 0.647. The summed E-state index contributed by atoms with van der Waals surface area (Å²) in [7, 11) is 2.09. The van der Waals surface area contributed by atoms with E-state index < -0.39 is 0 Å². The average Bonchev–Trinajstić information content (AvgIpc) is 2.86. The first-order valence-corrected chi connectivity index (χ1v) is 14.7. The van der Waals surface area contributed by atoms with E-state index in [1.165, 1.54) is 85.6 Å². The summed E-state index contributed by atoms with van der Waals surface area (Å²) in [5, 5.41) is 3.56. The first kappa shape index (κ1) is 29.6. The maximum absolute atomic E-state index is 3.56. The van der Waals surface area contributed by atoms with Crippen molar-refractivity contribution in [2.45, 2.75) is 125 Å². The molecule has 0 radical (unpaired) electrons. The minimum atomic E-state index is 0.366. The average molecular weight is 478 g/mol. The zero-order valence-electron chi connectivity index (χ0n) is 24.3. The monoisotopic (exact) mass is 477 g/mol. The molecule has 35 heavy (non-hydrogen) atoms. The van der Waals surface area contributed by atoms with Gasteiger partial charge in [0.05, 0.1) is 0 Å². The summed E-state index contributed by atoms with van der Waals surface area (Å²) in [6.45, 7) is 15.7. The fourth-order valence-electron chi connectivity index (χ4n) is 6.15. The lowest BCUT2D eigenvalue weighted by atomic mass is 9.71. The third kappa shape index (κ3) is 8.78. The van der Waals surface area contributed by atoms with Crippen molar-refractivity contribution in [2.24, 2.45) is 11.8 Å². The predicted octanol–water partition coefficient (Wildman–Crippen LogP) is 10.0. The third-order valence-corrected chi connectivity index (χ3v) is 8.34. The first-order valence-electron chi connectivity index (χ1n) is 14.7. The zero-order valence-corrected chi connectivity index (χ0v) is 24.3. The predicted molar refractivity (Wildman–Crippen MR) is 157 cm³/mol. The van der Waals surface area contributed by atoms with Gasteiger partial charge in [-0.25, -0.2) is 0 Å². The molecule has 1 aliphatic rings. The molecule has 0 aliphatic heterocycles. The lowest BCUT2D eigenvalue weighted by molar-refractivity contribution is 0.209. The molecule has 1 N–H and O–H groups in total. The summed E-state index contributed by atoms with van der Waals surface area (Å²) >= 11 is 0. The Morgan fingerprint density at radius 3 is 1.77 bits per heavy atom. The molecule has 1 fully saturated rings. The van der Waals surface area contributed by atoms with Gasteiger partial charge in [0.25, 0.3) is 0 Å². The van der Waals surface area contributed by atoms with Crippen LogP contribution in [0.5, 0.6) is 0 Å². The third-order valence-electron chi connectivity index (χ3n) is 8.34. The smallest absolute Gasteiger partial charge is 0.0358 e. The molecule has 0 bridgehead atoms. The van der Waals surface area contributed by atoms with Crippen LogP contribution in [0.3, 0.4) is 0 Å². The Balaban J connectivity index is 0.00000137. The van der Waals surface area contributed by atoms with Crippen molar-refractivity contribution in [1.82, 2.24) is 5.32 Å². The molecule has 1 atom stereocenters. The van der Waals surface area contributed by atoms with Gasteiger partial charge in [0.2, 0.25) is 0 Å². The molecule has 0 aromatic heterocycles. The minimum absolute atomic E-state index is 0.366. The van der Waals surface area contributed by atoms with Crippen LogP contribution in [-0.2, 0) is 6.42 Å². The Kier molecular flexibility index (Phi) is 13.1. The van der Waals surface area contributed by atoms with Gasteiger partial charge in [-0.3, -0.25) is 0 Å². The van der Waals surface area contributed by atoms with Crippen LogP contribution < -0.4 is 5.32 Å². The molecule has 0 amide bonds. The van der Waals surface area contributed by atoms with E-state index in [0.29, 0.717) is 6.04 Å². The molecule has 1 heteroatoms. The molecule has 2 aromatic carbocycles. The highest BCUT2D eigenvalue weighted by Crippen LogP contribution is 2.41. The van der Waals surface area contributed by atoms with Gasteiger partial charge in [0.1, 0.15) is 0 Å². The number of hydrogen-bond donors (Lipinski definition) is 1. The summed E-state index contributed by atoms with van der Waals surface area (Å²) in [6, 6.07) is 14.7. The SMILES string of the molecule is CCC.CCCC(CCC)C1CCC(c2ccc(C(Cc3cc(C)c(C)c(C)c3)NC)cc2)CC1. The van der Waals surface area contributed by atoms with Gasteiger partial charge in [-0.15, -0.1) is 0 Å². The van der Waals surface area contributed by atoms with E-state index in [1.807, 2.05) is 0 Å². The van der Waals surface area contributed by atoms with Crippen LogP contribution in [0.25, 0.3) is 0 Å². The largest absolute Gasteiger partial charge is 0.313 e. The van der Waals surface area contributed by atoms with Crippen LogP contribution >= 0.6 is 0 Å². The molecule has 0 spiro atoms. The first-order chi connectivity index (χ1) is 16.9. The highest BCUT2D eigenvalue weighted by atomic mass is 14.9. The summed E-state index contributed by atoms with van der Waals surface area (Å²) in [5.41, 5.74) is 8.63. The molecule has 3 rings (SSSR count). The van der Waals surface area contributed by atoms with Crippen molar-refractivity contribution in [3.05, 3.63) is 69.8 Å². The van der Waals surface area contributed by atoms with Gasteiger partial charge in [-0.2, -0.15) is 0 Å². The van der Waals surface area contributed by atoms with E-state index in [9.17, 15) is 0 Å². The molecular formula is C34H55N. The van der Waals surface area contributed by atoms with Gasteiger partial charge in [-0.1, -0.05) is 96.2 Å². The summed E-state index contributed by atoms with van der Waals surface area (Å²) in [6.07, 6.45) is 13.5. The Labute approximate surface area is 218 Å². The Bertz CT molecular complexity index is 812. The summed E-state index contributed by atoms with van der Waals surface area (Å²) in [4.78, 5) is 0. The Morgan fingerprint density at radius 2 is 1.31 bits per heavy atom. The van der Waals surface area contributed by atoms with E-state index in [0.717, 1.165) is 24.2 Å². The van der Waals surface area contributed by atoms with E-state index in [-0.39, 0.29) is 0 Å². The van der Waals surface area contributed by atoms with E-state index in [4.69, 9.17) is 0 Å². The van der Waals surface area contributed by atoms with Crippen LogP contribution in [0.1, 0.15) is 131 Å². The van der Waals surface area contributed by atoms with Gasteiger partial charge >= 0.3 is 0 Å². The van der Waals surface area contributed by atoms with Crippen LogP contribution in [0.15, 0.2) is 36.4 Å².